The number of ether oxygens (including phenoxy) is 1. The first-order valence-corrected chi connectivity index (χ1v) is 8.24. The lowest BCUT2D eigenvalue weighted by Crippen LogP contribution is -2.33. The first-order chi connectivity index (χ1) is 12.3. The van der Waals surface area contributed by atoms with Gasteiger partial charge < -0.3 is 14.3 Å². The van der Waals surface area contributed by atoms with Crippen molar-refractivity contribution in [3.63, 3.8) is 0 Å². The summed E-state index contributed by atoms with van der Waals surface area (Å²) < 4.78 is 11.7. The van der Waals surface area contributed by atoms with Gasteiger partial charge in [0.2, 0.25) is 6.23 Å². The highest BCUT2D eigenvalue weighted by atomic mass is 16.5. The number of para-hydroxylation sites is 2. The van der Waals surface area contributed by atoms with Crippen LogP contribution in [0.1, 0.15) is 35.6 Å². The summed E-state index contributed by atoms with van der Waals surface area (Å²) in [5.41, 5.74) is 2.70. The summed E-state index contributed by atoms with van der Waals surface area (Å²) in [7, 11) is 0. The van der Waals surface area contributed by atoms with Gasteiger partial charge in [0.1, 0.15) is 11.5 Å². The summed E-state index contributed by atoms with van der Waals surface area (Å²) in [6.07, 6.45) is 1.92. The number of fused-ring (bicyclic) bond motifs is 3. The molecule has 0 bridgehead atoms. The Balaban J connectivity index is 1.62. The molecule has 5 heteroatoms. The summed E-state index contributed by atoms with van der Waals surface area (Å²) >= 11 is 0. The first kappa shape index (κ1) is 14.2. The zero-order valence-electron chi connectivity index (χ0n) is 13.4. The van der Waals surface area contributed by atoms with Gasteiger partial charge in [0.05, 0.1) is 18.0 Å². The molecule has 3 heterocycles. The highest BCUT2D eigenvalue weighted by molar-refractivity contribution is 6.04. The molecule has 25 heavy (non-hydrogen) atoms. The number of aromatic hydroxyl groups is 1. The van der Waals surface area contributed by atoms with Gasteiger partial charge >= 0.3 is 0 Å². The van der Waals surface area contributed by atoms with E-state index in [1.54, 1.807) is 12.3 Å². The van der Waals surface area contributed by atoms with Crippen LogP contribution in [0.4, 0.5) is 0 Å². The molecular formula is C20H16N2O3. The van der Waals surface area contributed by atoms with Gasteiger partial charge in [0, 0.05) is 17.5 Å². The minimum absolute atomic E-state index is 0.0506. The third kappa shape index (κ3) is 2.20. The van der Waals surface area contributed by atoms with Crippen LogP contribution < -0.4 is 4.74 Å². The van der Waals surface area contributed by atoms with Gasteiger partial charge in [-0.2, -0.15) is 5.10 Å². The minimum Gasteiger partial charge on any atom is -0.507 e. The van der Waals surface area contributed by atoms with Crippen molar-refractivity contribution in [1.82, 2.24) is 5.01 Å². The SMILES string of the molecule is Oc1ccccc1C1=NN2[C@@H](c3ccco3)Oc3ccccc3[C@@H]2C1. The Morgan fingerprint density at radius 3 is 2.68 bits per heavy atom. The summed E-state index contributed by atoms with van der Waals surface area (Å²) in [5.74, 6) is 1.80. The predicted molar refractivity (Wildman–Crippen MR) is 92.4 cm³/mol. The lowest BCUT2D eigenvalue weighted by atomic mass is 9.96. The number of nitrogens with zero attached hydrogens (tertiary/aromatic N) is 2. The molecule has 0 unspecified atom stereocenters. The van der Waals surface area contributed by atoms with Gasteiger partial charge in [0.25, 0.3) is 0 Å². The summed E-state index contributed by atoms with van der Waals surface area (Å²) in [4.78, 5) is 0. The van der Waals surface area contributed by atoms with Crippen LogP contribution in [0, 0.1) is 0 Å². The van der Waals surface area contributed by atoms with Crippen LogP contribution in [0.5, 0.6) is 11.5 Å². The molecule has 2 atom stereocenters. The van der Waals surface area contributed by atoms with Gasteiger partial charge in [0.15, 0.2) is 5.76 Å². The molecule has 1 N–H and O–H groups in total. The molecule has 2 aliphatic heterocycles. The van der Waals surface area contributed by atoms with Crippen LogP contribution in [0.25, 0.3) is 0 Å². The third-order valence-corrected chi connectivity index (χ3v) is 4.70. The molecule has 124 valence electrons. The lowest BCUT2D eigenvalue weighted by molar-refractivity contribution is -0.0325. The number of benzene rings is 2. The summed E-state index contributed by atoms with van der Waals surface area (Å²) in [6.45, 7) is 0. The first-order valence-electron chi connectivity index (χ1n) is 8.24. The number of furan rings is 1. The van der Waals surface area contributed by atoms with Crippen LogP contribution in [0.2, 0.25) is 0 Å². The quantitative estimate of drug-likeness (QED) is 0.763. The Morgan fingerprint density at radius 2 is 1.84 bits per heavy atom. The molecule has 0 spiro atoms. The van der Waals surface area contributed by atoms with Gasteiger partial charge in [-0.3, -0.25) is 0 Å². The normalized spacial score (nSPS) is 21.3. The number of hydrogen-bond acceptors (Lipinski definition) is 5. The fourth-order valence-electron chi connectivity index (χ4n) is 3.53. The van der Waals surface area contributed by atoms with E-state index in [9.17, 15) is 5.11 Å². The average molecular weight is 332 g/mol. The number of phenols is 1. The van der Waals surface area contributed by atoms with Gasteiger partial charge in [-0.05, 0) is 30.3 Å². The molecular weight excluding hydrogens is 316 g/mol. The maximum atomic E-state index is 10.2. The van der Waals surface area contributed by atoms with Crippen LogP contribution in [0.15, 0.2) is 76.4 Å². The Kier molecular flexibility index (Phi) is 3.06. The second kappa shape index (κ2) is 5.41. The van der Waals surface area contributed by atoms with Gasteiger partial charge in [-0.15, -0.1) is 0 Å². The molecule has 0 fully saturated rings. The Bertz CT molecular complexity index is 949. The van der Waals surface area contributed by atoms with Crippen molar-refractivity contribution in [2.24, 2.45) is 5.10 Å². The van der Waals surface area contributed by atoms with Crippen molar-refractivity contribution >= 4 is 5.71 Å². The maximum Gasteiger partial charge on any atom is 0.246 e. The van der Waals surface area contributed by atoms with E-state index >= 15 is 0 Å². The molecule has 0 amide bonds. The molecule has 2 aliphatic rings. The number of hydrazone groups is 1. The highest BCUT2D eigenvalue weighted by Crippen LogP contribution is 2.47. The van der Waals surface area contributed by atoms with E-state index in [1.807, 2.05) is 53.5 Å². The number of hydrogen-bond donors (Lipinski definition) is 1. The maximum absolute atomic E-state index is 10.2. The molecule has 3 aromatic rings. The van der Waals surface area contributed by atoms with E-state index in [4.69, 9.17) is 14.3 Å². The second-order valence-electron chi connectivity index (χ2n) is 6.19. The van der Waals surface area contributed by atoms with Crippen molar-refractivity contribution in [3.8, 4) is 11.5 Å². The zero-order valence-corrected chi connectivity index (χ0v) is 13.4. The third-order valence-electron chi connectivity index (χ3n) is 4.70. The fraction of sp³-hybridized carbons (Fsp3) is 0.150. The van der Waals surface area contributed by atoms with E-state index in [-0.39, 0.29) is 11.8 Å². The zero-order chi connectivity index (χ0) is 16.8. The van der Waals surface area contributed by atoms with Gasteiger partial charge in [-0.25, -0.2) is 5.01 Å². The largest absolute Gasteiger partial charge is 0.507 e. The number of rotatable bonds is 2. The van der Waals surface area contributed by atoms with Crippen molar-refractivity contribution < 1.29 is 14.3 Å². The Morgan fingerprint density at radius 1 is 1.00 bits per heavy atom. The molecule has 0 aliphatic carbocycles. The smallest absolute Gasteiger partial charge is 0.246 e. The highest BCUT2D eigenvalue weighted by Gasteiger charge is 2.42. The van der Waals surface area contributed by atoms with Crippen LogP contribution in [0.3, 0.4) is 0 Å². The number of phenolic OH excluding ortho intramolecular Hbond substituents is 1. The monoisotopic (exact) mass is 332 g/mol. The van der Waals surface area contributed by atoms with E-state index < -0.39 is 6.23 Å². The minimum atomic E-state index is -0.418. The molecule has 5 nitrogen and oxygen atoms in total. The topological polar surface area (TPSA) is 58.2 Å². The molecule has 1 aromatic heterocycles. The standard InChI is InChI=1S/C20H16N2O3/c23-17-8-3-1-6-13(17)15-12-16-14-7-2-4-9-18(14)25-20(22(16)21-15)19-10-5-11-24-19/h1-11,16,20,23H,12H2/t16-,20+/m0/s1. The van der Waals surface area contributed by atoms with Crippen LogP contribution >= 0.6 is 0 Å². The molecule has 2 aromatic carbocycles. The molecule has 0 saturated heterocycles. The van der Waals surface area contributed by atoms with Crippen molar-refractivity contribution in [3.05, 3.63) is 83.8 Å². The van der Waals surface area contributed by atoms with Crippen molar-refractivity contribution in [1.29, 1.82) is 0 Å². The Labute approximate surface area is 144 Å². The van der Waals surface area contributed by atoms with E-state index in [0.29, 0.717) is 12.2 Å². The molecule has 0 radical (unpaired) electrons. The van der Waals surface area contributed by atoms with Crippen LogP contribution in [-0.4, -0.2) is 15.8 Å². The fourth-order valence-corrected chi connectivity index (χ4v) is 3.53. The predicted octanol–water partition coefficient (Wildman–Crippen LogP) is 4.23. The molecule has 0 saturated carbocycles. The molecule has 5 rings (SSSR count). The average Bonchev–Trinajstić information content (AvgIpc) is 3.31. The van der Waals surface area contributed by atoms with Gasteiger partial charge in [-0.1, -0.05) is 30.3 Å². The summed E-state index contributed by atoms with van der Waals surface area (Å²) in [5, 5.41) is 16.9. The van der Waals surface area contributed by atoms with Crippen molar-refractivity contribution in [2.45, 2.75) is 18.7 Å². The lowest BCUT2D eigenvalue weighted by Gasteiger charge is -2.36. The van der Waals surface area contributed by atoms with Crippen molar-refractivity contribution in [2.75, 3.05) is 0 Å². The Hall–Kier alpha value is -3.21. The van der Waals surface area contributed by atoms with Crippen LogP contribution in [-0.2, 0) is 0 Å². The second-order valence-corrected chi connectivity index (χ2v) is 6.19. The van der Waals surface area contributed by atoms with E-state index in [0.717, 1.165) is 22.6 Å². The van der Waals surface area contributed by atoms with E-state index in [2.05, 4.69) is 6.07 Å². The van der Waals surface area contributed by atoms with E-state index in [1.165, 1.54) is 0 Å². The summed E-state index contributed by atoms with van der Waals surface area (Å²) in [6, 6.07) is 19.1.